The summed E-state index contributed by atoms with van der Waals surface area (Å²) in [5.74, 6) is 1.64. The average Bonchev–Trinajstić information content (AvgIpc) is 2.78. The highest BCUT2D eigenvalue weighted by Crippen LogP contribution is 2.27. The topological polar surface area (TPSA) is 48.2 Å². The normalized spacial score (nSPS) is 17.1. The molecule has 0 aliphatic heterocycles. The van der Waals surface area contributed by atoms with E-state index in [1.165, 1.54) is 5.56 Å². The van der Waals surface area contributed by atoms with E-state index in [0.717, 1.165) is 22.8 Å². The van der Waals surface area contributed by atoms with Crippen molar-refractivity contribution in [3.63, 3.8) is 0 Å². The molecule has 0 fully saturated rings. The number of aliphatic imine (C=N–C) groups is 2. The second-order valence-electron chi connectivity index (χ2n) is 8.25. The first-order chi connectivity index (χ1) is 15.2. The van der Waals surface area contributed by atoms with Crippen LogP contribution in [-0.2, 0) is 5.75 Å². The van der Waals surface area contributed by atoms with Crippen LogP contribution in [0.4, 0.5) is 0 Å². The Morgan fingerprint density at radius 1 is 1.28 bits per heavy atom. The SMILES string of the molecule is C=C(N=C/C=C\C)C(=NCC1=CCC(C(C)(C)O)C=C1)N(C)C(=C)SCc1ccccc1. The van der Waals surface area contributed by atoms with Crippen LogP contribution >= 0.6 is 11.8 Å². The van der Waals surface area contributed by atoms with E-state index in [1.807, 2.05) is 63.1 Å². The van der Waals surface area contributed by atoms with Crippen molar-refractivity contribution in [3.05, 3.63) is 95.7 Å². The Labute approximate surface area is 197 Å². The summed E-state index contributed by atoms with van der Waals surface area (Å²) in [5, 5.41) is 11.1. The fourth-order valence-corrected chi connectivity index (χ4v) is 3.90. The molecule has 1 aliphatic rings. The molecule has 0 spiro atoms. The summed E-state index contributed by atoms with van der Waals surface area (Å²) in [4.78, 5) is 11.2. The molecule has 1 N–H and O–H groups in total. The molecular weight excluding hydrogens is 414 g/mol. The minimum atomic E-state index is -0.726. The van der Waals surface area contributed by atoms with Crippen molar-refractivity contribution in [2.24, 2.45) is 15.9 Å². The fourth-order valence-electron chi connectivity index (χ4n) is 3.10. The number of hydrogen-bond acceptors (Lipinski definition) is 4. The van der Waals surface area contributed by atoms with E-state index in [2.05, 4.69) is 48.5 Å². The molecule has 0 bridgehead atoms. The van der Waals surface area contributed by atoms with E-state index in [0.29, 0.717) is 18.1 Å². The Morgan fingerprint density at radius 3 is 2.59 bits per heavy atom. The number of rotatable bonds is 10. The van der Waals surface area contributed by atoms with Crippen LogP contribution in [0.5, 0.6) is 0 Å². The van der Waals surface area contributed by atoms with Crippen molar-refractivity contribution < 1.29 is 5.11 Å². The molecular formula is C27H35N3OS. The van der Waals surface area contributed by atoms with Gasteiger partial charge in [-0.25, -0.2) is 0 Å². The van der Waals surface area contributed by atoms with Gasteiger partial charge in [-0.2, -0.15) is 0 Å². The van der Waals surface area contributed by atoms with Crippen LogP contribution in [0, 0.1) is 5.92 Å². The average molecular weight is 450 g/mol. The van der Waals surface area contributed by atoms with Gasteiger partial charge >= 0.3 is 0 Å². The first-order valence-corrected chi connectivity index (χ1v) is 11.8. The van der Waals surface area contributed by atoms with Crippen LogP contribution in [0.3, 0.4) is 0 Å². The van der Waals surface area contributed by atoms with Crippen molar-refractivity contribution >= 4 is 23.8 Å². The van der Waals surface area contributed by atoms with E-state index in [4.69, 9.17) is 4.99 Å². The Bertz CT molecular complexity index is 933. The van der Waals surface area contributed by atoms with E-state index in [-0.39, 0.29) is 5.92 Å². The maximum atomic E-state index is 10.2. The minimum Gasteiger partial charge on any atom is -0.390 e. The largest absolute Gasteiger partial charge is 0.390 e. The zero-order valence-corrected chi connectivity index (χ0v) is 20.5. The molecule has 1 aromatic carbocycles. The number of benzene rings is 1. The van der Waals surface area contributed by atoms with Gasteiger partial charge in [-0.15, -0.1) is 11.8 Å². The Morgan fingerprint density at radius 2 is 2.00 bits per heavy atom. The fraction of sp³-hybridized carbons (Fsp3) is 0.333. The molecule has 0 saturated carbocycles. The standard InChI is InChI=1S/C27H35N3OS/c1-7-8-18-28-21(2)26(29-19-23-14-16-25(17-15-23)27(4,5)31)30(6)22(3)32-20-24-12-10-9-11-13-24/h7-16,18,25,31H,2-3,17,19-20H2,1,4-6H3/b8-7-,28-18?,29-26?. The second-order valence-corrected chi connectivity index (χ2v) is 9.30. The maximum absolute atomic E-state index is 10.2. The van der Waals surface area contributed by atoms with E-state index < -0.39 is 5.60 Å². The van der Waals surface area contributed by atoms with Crippen molar-refractivity contribution in [3.8, 4) is 0 Å². The van der Waals surface area contributed by atoms with Gasteiger partial charge in [0.15, 0.2) is 5.84 Å². The first-order valence-electron chi connectivity index (χ1n) is 10.8. The van der Waals surface area contributed by atoms with Crippen LogP contribution in [0.2, 0.25) is 0 Å². The highest BCUT2D eigenvalue weighted by Gasteiger charge is 2.25. The zero-order valence-electron chi connectivity index (χ0n) is 19.7. The maximum Gasteiger partial charge on any atom is 0.154 e. The second kappa shape index (κ2) is 12.4. The van der Waals surface area contributed by atoms with Crippen LogP contribution in [0.1, 0.15) is 32.8 Å². The summed E-state index contributed by atoms with van der Waals surface area (Å²) in [6.07, 6.45) is 12.6. The lowest BCUT2D eigenvalue weighted by atomic mass is 9.84. The molecule has 5 heteroatoms. The molecule has 0 saturated heterocycles. The zero-order chi connectivity index (χ0) is 23.6. The molecule has 0 radical (unpaired) electrons. The smallest absolute Gasteiger partial charge is 0.154 e. The highest BCUT2D eigenvalue weighted by molar-refractivity contribution is 8.02. The predicted octanol–water partition coefficient (Wildman–Crippen LogP) is 6.16. The summed E-state index contributed by atoms with van der Waals surface area (Å²) in [7, 11) is 1.95. The number of nitrogens with zero attached hydrogens (tertiary/aromatic N) is 3. The molecule has 1 unspecified atom stereocenters. The van der Waals surface area contributed by atoms with Gasteiger partial charge in [0, 0.05) is 24.9 Å². The van der Waals surface area contributed by atoms with Gasteiger partial charge in [0.1, 0.15) is 0 Å². The number of thioether (sulfide) groups is 1. The number of hydrogen-bond donors (Lipinski definition) is 1. The molecule has 1 aromatic rings. The monoisotopic (exact) mass is 449 g/mol. The van der Waals surface area contributed by atoms with Gasteiger partial charge in [0.25, 0.3) is 0 Å². The van der Waals surface area contributed by atoms with Gasteiger partial charge in [0.05, 0.1) is 22.9 Å². The predicted molar refractivity (Wildman–Crippen MR) is 141 cm³/mol. The van der Waals surface area contributed by atoms with Gasteiger partial charge < -0.3 is 10.0 Å². The van der Waals surface area contributed by atoms with Crippen molar-refractivity contribution in [1.82, 2.24) is 4.90 Å². The third kappa shape index (κ3) is 8.13. The van der Waals surface area contributed by atoms with Crippen LogP contribution in [0.25, 0.3) is 0 Å². The third-order valence-electron chi connectivity index (χ3n) is 5.20. The molecule has 0 aromatic heterocycles. The molecule has 1 atom stereocenters. The van der Waals surface area contributed by atoms with Crippen molar-refractivity contribution in [2.75, 3.05) is 13.6 Å². The summed E-state index contributed by atoms with van der Waals surface area (Å²) in [5.41, 5.74) is 2.22. The quantitative estimate of drug-likeness (QED) is 0.344. The number of amidine groups is 1. The minimum absolute atomic E-state index is 0.118. The van der Waals surface area contributed by atoms with Gasteiger partial charge in [-0.1, -0.05) is 67.8 Å². The molecule has 1 aliphatic carbocycles. The van der Waals surface area contributed by atoms with E-state index in [1.54, 1.807) is 18.0 Å². The van der Waals surface area contributed by atoms with Gasteiger partial charge in [-0.05, 0) is 44.4 Å². The van der Waals surface area contributed by atoms with Crippen LogP contribution < -0.4 is 0 Å². The molecule has 32 heavy (non-hydrogen) atoms. The van der Waals surface area contributed by atoms with E-state index >= 15 is 0 Å². The molecule has 0 amide bonds. The van der Waals surface area contributed by atoms with E-state index in [9.17, 15) is 5.11 Å². The third-order valence-corrected chi connectivity index (χ3v) is 6.29. The van der Waals surface area contributed by atoms with Gasteiger partial charge in [0.2, 0.25) is 0 Å². The summed E-state index contributed by atoms with van der Waals surface area (Å²) < 4.78 is 0. The van der Waals surface area contributed by atoms with Crippen LogP contribution in [-0.4, -0.2) is 41.3 Å². The summed E-state index contributed by atoms with van der Waals surface area (Å²) in [6.45, 7) is 14.5. The molecule has 170 valence electrons. The highest BCUT2D eigenvalue weighted by atomic mass is 32.2. The lowest BCUT2D eigenvalue weighted by molar-refractivity contribution is 0.0376. The van der Waals surface area contributed by atoms with Crippen molar-refractivity contribution in [1.29, 1.82) is 0 Å². The summed E-state index contributed by atoms with van der Waals surface area (Å²) >= 11 is 1.66. The number of aliphatic hydroxyl groups is 1. The lowest BCUT2D eigenvalue weighted by Gasteiger charge is -2.28. The Balaban J connectivity index is 2.12. The molecule has 2 rings (SSSR count). The van der Waals surface area contributed by atoms with Crippen LogP contribution in [0.15, 0.2) is 100 Å². The van der Waals surface area contributed by atoms with Crippen molar-refractivity contribution in [2.45, 2.75) is 38.5 Å². The summed E-state index contributed by atoms with van der Waals surface area (Å²) in [6, 6.07) is 10.3. The Hall–Kier alpha value is -2.63. The molecule has 4 nitrogen and oxygen atoms in total. The Kier molecular flexibility index (Phi) is 9.95. The number of allylic oxidation sites excluding steroid dienone is 3. The first kappa shape index (κ1) is 25.6. The lowest BCUT2D eigenvalue weighted by Crippen LogP contribution is -2.30. The van der Waals surface area contributed by atoms with Gasteiger partial charge in [-0.3, -0.25) is 9.98 Å². The molecule has 0 heterocycles. The number of likely N-dealkylation sites (N-methyl/N-ethyl adjacent to an activating group) is 1.